The summed E-state index contributed by atoms with van der Waals surface area (Å²) >= 11 is 0. The molecule has 0 aromatic rings. The maximum Gasteiger partial charge on any atom is 0.166 e. The SMILES string of the molecule is CCOC(C)(CC1C=CCC=C1)OCC. The Hall–Kier alpha value is -0.600. The molecule has 0 aliphatic heterocycles. The third kappa shape index (κ3) is 4.18. The normalized spacial score (nSPS) is 17.3. The van der Waals surface area contributed by atoms with Gasteiger partial charge in [0.25, 0.3) is 0 Å². The van der Waals surface area contributed by atoms with Crippen molar-refractivity contribution in [3.63, 3.8) is 0 Å². The predicted molar refractivity (Wildman–Crippen MR) is 62.7 cm³/mol. The zero-order chi connectivity index (χ0) is 11.1. The fourth-order valence-corrected chi connectivity index (χ4v) is 1.98. The predicted octanol–water partition coefficient (Wildman–Crippen LogP) is 3.30. The molecule has 0 aromatic heterocycles. The third-order valence-corrected chi connectivity index (χ3v) is 2.54. The van der Waals surface area contributed by atoms with Gasteiger partial charge in [-0.3, -0.25) is 0 Å². The molecule has 1 aliphatic rings. The second-order valence-electron chi connectivity index (χ2n) is 3.96. The molecule has 0 atom stereocenters. The molecule has 0 radical (unpaired) electrons. The first-order valence-electron chi connectivity index (χ1n) is 5.81. The molecule has 0 saturated carbocycles. The minimum Gasteiger partial charge on any atom is -0.350 e. The largest absolute Gasteiger partial charge is 0.350 e. The minimum atomic E-state index is -0.444. The summed E-state index contributed by atoms with van der Waals surface area (Å²) in [6, 6.07) is 0. The van der Waals surface area contributed by atoms with Gasteiger partial charge in [0.05, 0.1) is 0 Å². The zero-order valence-corrected chi connectivity index (χ0v) is 10.0. The van der Waals surface area contributed by atoms with Crippen LogP contribution in [0.2, 0.25) is 0 Å². The summed E-state index contributed by atoms with van der Waals surface area (Å²) in [6.07, 6.45) is 10.8. The zero-order valence-electron chi connectivity index (χ0n) is 10.0. The van der Waals surface area contributed by atoms with Gasteiger partial charge in [-0.2, -0.15) is 0 Å². The van der Waals surface area contributed by atoms with Gasteiger partial charge < -0.3 is 9.47 Å². The Morgan fingerprint density at radius 1 is 1.13 bits per heavy atom. The molecule has 2 heteroatoms. The molecule has 15 heavy (non-hydrogen) atoms. The maximum absolute atomic E-state index is 5.68. The molecule has 0 aromatic carbocycles. The Kier molecular flexibility index (Phi) is 5.06. The highest BCUT2D eigenvalue weighted by Crippen LogP contribution is 2.26. The topological polar surface area (TPSA) is 18.5 Å². The summed E-state index contributed by atoms with van der Waals surface area (Å²) in [5.41, 5.74) is 0. The molecule has 2 nitrogen and oxygen atoms in total. The second-order valence-corrected chi connectivity index (χ2v) is 3.96. The number of rotatable bonds is 6. The Labute approximate surface area is 93.0 Å². The van der Waals surface area contributed by atoms with E-state index in [1.54, 1.807) is 0 Å². The van der Waals surface area contributed by atoms with Crippen molar-refractivity contribution in [1.82, 2.24) is 0 Å². The van der Waals surface area contributed by atoms with Crippen molar-refractivity contribution in [3.05, 3.63) is 24.3 Å². The van der Waals surface area contributed by atoms with Crippen LogP contribution in [0.25, 0.3) is 0 Å². The monoisotopic (exact) mass is 210 g/mol. The number of ether oxygens (including phenoxy) is 2. The minimum absolute atomic E-state index is 0.444. The van der Waals surface area contributed by atoms with Gasteiger partial charge in [-0.1, -0.05) is 24.3 Å². The standard InChI is InChI=1S/C13H22O2/c1-4-14-13(3,15-5-2)11-12-9-7-6-8-10-12/h7-10,12H,4-6,11H2,1-3H3. The van der Waals surface area contributed by atoms with Gasteiger partial charge in [-0.25, -0.2) is 0 Å². The molecule has 0 amide bonds. The molecule has 0 heterocycles. The van der Waals surface area contributed by atoms with E-state index in [4.69, 9.17) is 9.47 Å². The van der Waals surface area contributed by atoms with E-state index in [9.17, 15) is 0 Å². The van der Waals surface area contributed by atoms with Gasteiger partial charge in [-0.15, -0.1) is 0 Å². The number of allylic oxidation sites excluding steroid dienone is 4. The molecule has 86 valence electrons. The van der Waals surface area contributed by atoms with Crippen LogP contribution in [0.5, 0.6) is 0 Å². The van der Waals surface area contributed by atoms with Crippen LogP contribution in [-0.4, -0.2) is 19.0 Å². The lowest BCUT2D eigenvalue weighted by Crippen LogP contribution is -2.34. The molecule has 0 saturated heterocycles. The Balaban J connectivity index is 2.52. The fraction of sp³-hybridized carbons (Fsp3) is 0.692. The Bertz CT molecular complexity index is 213. The van der Waals surface area contributed by atoms with Crippen molar-refractivity contribution in [2.45, 2.75) is 39.4 Å². The summed E-state index contributed by atoms with van der Waals surface area (Å²) in [6.45, 7) is 7.41. The molecule has 0 fully saturated rings. The molecule has 0 unspecified atom stereocenters. The number of hydrogen-bond acceptors (Lipinski definition) is 2. The highest BCUT2D eigenvalue weighted by atomic mass is 16.7. The smallest absolute Gasteiger partial charge is 0.166 e. The van der Waals surface area contributed by atoms with Crippen molar-refractivity contribution >= 4 is 0 Å². The number of hydrogen-bond donors (Lipinski definition) is 0. The van der Waals surface area contributed by atoms with Gasteiger partial charge in [0, 0.05) is 19.6 Å². The van der Waals surface area contributed by atoms with Crippen LogP contribution in [0.15, 0.2) is 24.3 Å². The quantitative estimate of drug-likeness (QED) is 0.494. The lowest BCUT2D eigenvalue weighted by molar-refractivity contribution is -0.227. The van der Waals surface area contributed by atoms with Gasteiger partial charge in [0.2, 0.25) is 0 Å². The van der Waals surface area contributed by atoms with E-state index in [2.05, 4.69) is 24.3 Å². The molecule has 1 rings (SSSR count). The highest BCUT2D eigenvalue weighted by Gasteiger charge is 2.27. The van der Waals surface area contributed by atoms with Gasteiger partial charge >= 0.3 is 0 Å². The lowest BCUT2D eigenvalue weighted by Gasteiger charge is -2.31. The van der Waals surface area contributed by atoms with Crippen LogP contribution in [0.4, 0.5) is 0 Å². The van der Waals surface area contributed by atoms with Crippen LogP contribution in [0.1, 0.15) is 33.6 Å². The molecule has 0 bridgehead atoms. The Morgan fingerprint density at radius 3 is 2.13 bits per heavy atom. The van der Waals surface area contributed by atoms with E-state index >= 15 is 0 Å². The maximum atomic E-state index is 5.68. The van der Waals surface area contributed by atoms with Crippen LogP contribution >= 0.6 is 0 Å². The molecular weight excluding hydrogens is 188 g/mol. The summed E-state index contributed by atoms with van der Waals surface area (Å²) in [5, 5.41) is 0. The van der Waals surface area contributed by atoms with E-state index in [0.29, 0.717) is 19.1 Å². The molecule has 0 N–H and O–H groups in total. The first-order valence-corrected chi connectivity index (χ1v) is 5.81. The summed E-state index contributed by atoms with van der Waals surface area (Å²) in [4.78, 5) is 0. The van der Waals surface area contributed by atoms with Gasteiger partial charge in [-0.05, 0) is 33.1 Å². The molecular formula is C13H22O2. The summed E-state index contributed by atoms with van der Waals surface area (Å²) < 4.78 is 11.4. The van der Waals surface area contributed by atoms with Crippen LogP contribution < -0.4 is 0 Å². The van der Waals surface area contributed by atoms with Gasteiger partial charge in [0.15, 0.2) is 5.79 Å². The van der Waals surface area contributed by atoms with Gasteiger partial charge in [0.1, 0.15) is 0 Å². The average molecular weight is 210 g/mol. The van der Waals surface area contributed by atoms with Crippen LogP contribution in [0.3, 0.4) is 0 Å². The first kappa shape index (κ1) is 12.5. The van der Waals surface area contributed by atoms with Crippen LogP contribution in [0, 0.1) is 5.92 Å². The van der Waals surface area contributed by atoms with E-state index < -0.39 is 5.79 Å². The van der Waals surface area contributed by atoms with Crippen LogP contribution in [-0.2, 0) is 9.47 Å². The second kappa shape index (κ2) is 6.09. The summed E-state index contributed by atoms with van der Waals surface area (Å²) in [7, 11) is 0. The van der Waals surface area contributed by atoms with E-state index in [1.807, 2.05) is 20.8 Å². The van der Waals surface area contributed by atoms with Crippen molar-refractivity contribution < 1.29 is 9.47 Å². The van der Waals surface area contributed by atoms with E-state index in [1.165, 1.54) is 0 Å². The summed E-state index contributed by atoms with van der Waals surface area (Å²) in [5.74, 6) is 0.00190. The van der Waals surface area contributed by atoms with E-state index in [0.717, 1.165) is 12.8 Å². The third-order valence-electron chi connectivity index (χ3n) is 2.54. The van der Waals surface area contributed by atoms with Crippen molar-refractivity contribution in [2.24, 2.45) is 5.92 Å². The fourth-order valence-electron chi connectivity index (χ4n) is 1.98. The van der Waals surface area contributed by atoms with Crippen molar-refractivity contribution in [3.8, 4) is 0 Å². The van der Waals surface area contributed by atoms with Crippen molar-refractivity contribution in [1.29, 1.82) is 0 Å². The van der Waals surface area contributed by atoms with E-state index in [-0.39, 0.29) is 0 Å². The lowest BCUT2D eigenvalue weighted by atomic mass is 9.95. The Morgan fingerprint density at radius 2 is 1.67 bits per heavy atom. The highest BCUT2D eigenvalue weighted by molar-refractivity contribution is 5.09. The molecule has 0 spiro atoms. The first-order chi connectivity index (χ1) is 7.20. The molecule has 1 aliphatic carbocycles. The van der Waals surface area contributed by atoms with Crippen molar-refractivity contribution in [2.75, 3.05) is 13.2 Å². The average Bonchev–Trinajstić information content (AvgIpc) is 2.19.